The van der Waals surface area contributed by atoms with Gasteiger partial charge in [-0.3, -0.25) is 4.98 Å². The Balaban J connectivity index is 1.81. The van der Waals surface area contributed by atoms with E-state index in [1.807, 2.05) is 24.4 Å². The molecule has 1 heterocycles. The van der Waals surface area contributed by atoms with E-state index in [1.54, 1.807) is 0 Å². The van der Waals surface area contributed by atoms with Crippen molar-refractivity contribution in [3.05, 3.63) is 72.8 Å². The van der Waals surface area contributed by atoms with Crippen LogP contribution in [0.3, 0.4) is 0 Å². The Hall–Kier alpha value is -2.88. The monoisotopic (exact) mass is 417 g/mol. The minimum atomic E-state index is 0.288. The zero-order valence-electron chi connectivity index (χ0n) is 18.9. The van der Waals surface area contributed by atoms with Crippen molar-refractivity contribution in [1.29, 1.82) is 0 Å². The van der Waals surface area contributed by atoms with E-state index in [0.717, 1.165) is 73.4 Å². The van der Waals surface area contributed by atoms with Crippen molar-refractivity contribution in [2.45, 2.75) is 64.8 Å². The van der Waals surface area contributed by atoms with Gasteiger partial charge in [-0.25, -0.2) is 4.98 Å². The fraction of sp³-hybridized carbons (Fsp3) is 0.407. The highest BCUT2D eigenvalue weighted by atomic mass is 16.3. The fourth-order valence-electron chi connectivity index (χ4n) is 3.92. The third kappa shape index (κ3) is 6.55. The number of aliphatic hydroxyl groups excluding tert-OH is 1. The van der Waals surface area contributed by atoms with E-state index < -0.39 is 0 Å². The summed E-state index contributed by atoms with van der Waals surface area (Å²) in [4.78, 5) is 12.4. The van der Waals surface area contributed by atoms with Gasteiger partial charge < -0.3 is 10.0 Å². The van der Waals surface area contributed by atoms with Crippen LogP contribution in [0, 0.1) is 0 Å². The summed E-state index contributed by atoms with van der Waals surface area (Å²) in [7, 11) is 0. The van der Waals surface area contributed by atoms with Gasteiger partial charge in [-0.05, 0) is 45.1 Å². The summed E-state index contributed by atoms with van der Waals surface area (Å²) < 4.78 is 0. The molecule has 2 aromatic rings. The van der Waals surface area contributed by atoms with Gasteiger partial charge >= 0.3 is 0 Å². The van der Waals surface area contributed by atoms with Crippen LogP contribution in [0.25, 0.3) is 16.8 Å². The topological polar surface area (TPSA) is 49.2 Å². The van der Waals surface area contributed by atoms with Gasteiger partial charge in [-0.15, -0.1) is 0 Å². The highest BCUT2D eigenvalue weighted by molar-refractivity contribution is 5.82. The van der Waals surface area contributed by atoms with E-state index >= 15 is 0 Å². The van der Waals surface area contributed by atoms with Crippen molar-refractivity contribution in [3.63, 3.8) is 0 Å². The van der Waals surface area contributed by atoms with Crippen LogP contribution in [0.2, 0.25) is 0 Å². The van der Waals surface area contributed by atoms with Crippen LogP contribution >= 0.6 is 0 Å². The molecule has 0 radical (unpaired) electrons. The quantitative estimate of drug-likeness (QED) is 0.312. The lowest BCUT2D eigenvalue weighted by molar-refractivity contribution is 0.383. The van der Waals surface area contributed by atoms with Crippen LogP contribution in [0.4, 0.5) is 5.82 Å². The number of hydrogen-bond donors (Lipinski definition) is 1. The van der Waals surface area contributed by atoms with Gasteiger partial charge in [0.15, 0.2) is 0 Å². The number of aromatic nitrogens is 2. The summed E-state index contributed by atoms with van der Waals surface area (Å²) in [6, 6.07) is 10.7. The van der Waals surface area contributed by atoms with E-state index in [0.29, 0.717) is 12.5 Å². The molecule has 4 heteroatoms. The Morgan fingerprint density at radius 1 is 1.06 bits per heavy atom. The molecule has 0 saturated heterocycles. The Bertz CT molecular complexity index is 915. The molecule has 0 saturated carbocycles. The second-order valence-corrected chi connectivity index (χ2v) is 8.45. The van der Waals surface area contributed by atoms with Crippen molar-refractivity contribution >= 4 is 11.4 Å². The first-order chi connectivity index (χ1) is 15.1. The van der Waals surface area contributed by atoms with Crippen LogP contribution in [-0.2, 0) is 0 Å². The Morgan fingerprint density at radius 3 is 2.52 bits per heavy atom. The van der Waals surface area contributed by atoms with Crippen LogP contribution in [0.15, 0.2) is 67.1 Å². The number of allylic oxidation sites excluding steroid dienone is 5. The van der Waals surface area contributed by atoms with Gasteiger partial charge in [0.2, 0.25) is 0 Å². The molecule has 31 heavy (non-hydrogen) atoms. The van der Waals surface area contributed by atoms with Crippen LogP contribution in [0.1, 0.15) is 64.5 Å². The standard InChI is InChI=1S/C27H35N3O/c1-21(2)30(19-13-5-4-8-14-22(3)31)25-20-28-26(23-15-9-6-10-16-23)27(29-25)24-17-11-7-12-18-24/h6,9-11,15-18,20-21,31H,3-5,7-8,12-14,19H2,1-2H3. The molecule has 1 aromatic carbocycles. The predicted octanol–water partition coefficient (Wildman–Crippen LogP) is 7.11. The normalized spacial score (nSPS) is 13.3. The number of unbranched alkanes of at least 4 members (excludes halogenated alkanes) is 3. The first-order valence-corrected chi connectivity index (χ1v) is 11.5. The van der Waals surface area contributed by atoms with Crippen LogP contribution in [-0.4, -0.2) is 27.7 Å². The maximum Gasteiger partial charge on any atom is 0.148 e. The van der Waals surface area contributed by atoms with Crippen molar-refractivity contribution < 1.29 is 5.11 Å². The fourth-order valence-corrected chi connectivity index (χ4v) is 3.92. The maximum absolute atomic E-state index is 9.23. The summed E-state index contributed by atoms with van der Waals surface area (Å²) in [5.41, 5.74) is 4.16. The molecule has 4 nitrogen and oxygen atoms in total. The first-order valence-electron chi connectivity index (χ1n) is 11.5. The second-order valence-electron chi connectivity index (χ2n) is 8.45. The third-order valence-electron chi connectivity index (χ3n) is 5.61. The molecule has 1 aromatic heterocycles. The molecule has 0 unspecified atom stereocenters. The summed E-state index contributed by atoms with van der Waals surface area (Å²) in [5.74, 6) is 1.23. The van der Waals surface area contributed by atoms with Crippen molar-refractivity contribution in [1.82, 2.24) is 9.97 Å². The van der Waals surface area contributed by atoms with Gasteiger partial charge in [0.25, 0.3) is 0 Å². The zero-order valence-corrected chi connectivity index (χ0v) is 18.9. The van der Waals surface area contributed by atoms with Gasteiger partial charge in [0.05, 0.1) is 23.3 Å². The van der Waals surface area contributed by atoms with Gasteiger partial charge in [-0.1, -0.05) is 68.0 Å². The maximum atomic E-state index is 9.23. The largest absolute Gasteiger partial charge is 0.513 e. The number of aliphatic hydroxyl groups is 1. The molecule has 1 N–H and O–H groups in total. The third-order valence-corrected chi connectivity index (χ3v) is 5.61. The molecular formula is C27H35N3O. The van der Waals surface area contributed by atoms with E-state index in [-0.39, 0.29) is 5.76 Å². The minimum Gasteiger partial charge on any atom is -0.513 e. The first kappa shape index (κ1) is 22.8. The molecule has 164 valence electrons. The number of nitrogens with zero attached hydrogens (tertiary/aromatic N) is 3. The lowest BCUT2D eigenvalue weighted by Crippen LogP contribution is -2.33. The van der Waals surface area contributed by atoms with E-state index in [2.05, 4.69) is 55.7 Å². The van der Waals surface area contributed by atoms with Crippen molar-refractivity contribution in [3.8, 4) is 11.3 Å². The lowest BCUT2D eigenvalue weighted by atomic mass is 9.99. The number of rotatable bonds is 11. The van der Waals surface area contributed by atoms with Gasteiger partial charge in [0, 0.05) is 24.6 Å². The van der Waals surface area contributed by atoms with Gasteiger partial charge in [0.1, 0.15) is 5.82 Å². The predicted molar refractivity (Wildman–Crippen MR) is 131 cm³/mol. The zero-order chi connectivity index (χ0) is 22.1. The summed E-state index contributed by atoms with van der Waals surface area (Å²) in [5, 5.41) is 9.23. The average Bonchev–Trinajstić information content (AvgIpc) is 2.79. The number of benzene rings is 1. The van der Waals surface area contributed by atoms with Crippen molar-refractivity contribution in [2.24, 2.45) is 0 Å². The summed E-state index contributed by atoms with van der Waals surface area (Å²) in [6.45, 7) is 8.93. The molecule has 1 aliphatic rings. The van der Waals surface area contributed by atoms with Crippen LogP contribution in [0.5, 0.6) is 0 Å². The Kier molecular flexibility index (Phi) is 8.45. The SMILES string of the molecule is C=C(O)CCCCCCN(c1cnc(-c2ccccc2)c(C2=CCCC=C2)n1)C(C)C. The summed E-state index contributed by atoms with van der Waals surface area (Å²) in [6.07, 6.45) is 15.7. The highest BCUT2D eigenvalue weighted by Gasteiger charge is 2.18. The minimum absolute atomic E-state index is 0.288. The Morgan fingerprint density at radius 2 is 1.84 bits per heavy atom. The Labute approximate surface area is 187 Å². The molecule has 0 aliphatic heterocycles. The molecule has 0 amide bonds. The number of anilines is 1. The molecule has 1 aliphatic carbocycles. The molecule has 0 atom stereocenters. The van der Waals surface area contributed by atoms with E-state index in [9.17, 15) is 5.11 Å². The van der Waals surface area contributed by atoms with E-state index in [1.165, 1.54) is 0 Å². The molecule has 0 spiro atoms. The smallest absolute Gasteiger partial charge is 0.148 e. The molecule has 0 bridgehead atoms. The molecule has 3 rings (SSSR count). The second kappa shape index (κ2) is 11.5. The highest BCUT2D eigenvalue weighted by Crippen LogP contribution is 2.30. The van der Waals surface area contributed by atoms with E-state index in [4.69, 9.17) is 9.97 Å². The number of hydrogen-bond acceptors (Lipinski definition) is 4. The van der Waals surface area contributed by atoms with Crippen LogP contribution < -0.4 is 4.90 Å². The van der Waals surface area contributed by atoms with Crippen molar-refractivity contribution in [2.75, 3.05) is 11.4 Å². The molecule has 0 fully saturated rings. The summed E-state index contributed by atoms with van der Waals surface area (Å²) >= 11 is 0. The molecular weight excluding hydrogens is 382 g/mol. The lowest BCUT2D eigenvalue weighted by Gasteiger charge is -2.28. The van der Waals surface area contributed by atoms with Gasteiger partial charge in [-0.2, -0.15) is 0 Å². The average molecular weight is 418 g/mol.